The summed E-state index contributed by atoms with van der Waals surface area (Å²) in [5, 5.41) is 12.8. The van der Waals surface area contributed by atoms with Crippen LogP contribution in [0.5, 0.6) is 0 Å². The van der Waals surface area contributed by atoms with E-state index < -0.39 is 94.9 Å². The lowest BCUT2D eigenvalue weighted by Gasteiger charge is -2.45. The summed E-state index contributed by atoms with van der Waals surface area (Å²) in [5.41, 5.74) is -3.44. The third kappa shape index (κ3) is 8.34. The monoisotopic (exact) mass is 656 g/mol. The molecule has 0 unspecified atom stereocenters. The van der Waals surface area contributed by atoms with E-state index in [0.29, 0.717) is 0 Å². The zero-order valence-electron chi connectivity index (χ0n) is 28.0. The average Bonchev–Trinajstić information content (AvgIpc) is 3.22. The summed E-state index contributed by atoms with van der Waals surface area (Å²) in [6.07, 6.45) is -4.58. The number of ketones is 1. The summed E-state index contributed by atoms with van der Waals surface area (Å²) < 4.78 is 28.6. The Morgan fingerprint density at radius 3 is 1.83 bits per heavy atom. The molecule has 0 bridgehead atoms. The number of aliphatic hydroxyl groups is 1. The van der Waals surface area contributed by atoms with Crippen LogP contribution in [0.25, 0.3) is 0 Å². The zero-order valence-corrected chi connectivity index (χ0v) is 28.0. The van der Waals surface area contributed by atoms with Gasteiger partial charge in [0, 0.05) is 44.6 Å². The van der Waals surface area contributed by atoms with Gasteiger partial charge in [0.2, 0.25) is 6.10 Å². The van der Waals surface area contributed by atoms with Crippen LogP contribution in [0.1, 0.15) is 72.2 Å². The molecule has 0 aliphatic heterocycles. The van der Waals surface area contributed by atoms with E-state index in [0.717, 1.165) is 20.8 Å². The standard InChI is InChI=1S/C35H44O12/c1-18-15-16-34(8,9)31(40)30(45-23(6)38)29(44-22(5)37)20(3)28(43-21(4)36)26-27(47-33(41)25-13-11-10-12-14-25)19(2)17-35(26,42)32(18)46-24(7)39/h10-16,18-19,26-30,32,42H,3,17H2,1-2,4-9H3/t18-,19+,26-,27+,28+,29+,30-,32-,35-/m1/s1. The first kappa shape index (κ1) is 37.1. The van der Waals surface area contributed by atoms with Gasteiger partial charge in [-0.2, -0.15) is 0 Å². The molecule has 0 amide bonds. The van der Waals surface area contributed by atoms with Crippen molar-refractivity contribution in [3.8, 4) is 0 Å². The molecule has 1 saturated carbocycles. The van der Waals surface area contributed by atoms with Gasteiger partial charge in [-0.15, -0.1) is 0 Å². The quantitative estimate of drug-likeness (QED) is 0.268. The molecule has 0 radical (unpaired) electrons. The van der Waals surface area contributed by atoms with Crippen LogP contribution in [0.4, 0.5) is 0 Å². The van der Waals surface area contributed by atoms with Crippen molar-refractivity contribution in [2.45, 2.75) is 97.9 Å². The SMILES string of the molecule is C=C1[C@H](OC(C)=O)[C@H]2[C@@H](OC(=O)c3ccccc3)[C@@H](C)C[C@]2(O)[C@H](OC(C)=O)[C@H](C)C=CC(C)(C)C(=O)[C@H](OC(C)=O)[C@H]1OC(C)=O. The highest BCUT2D eigenvalue weighted by atomic mass is 16.6. The molecule has 2 aliphatic rings. The Hall–Kier alpha value is -4.32. The van der Waals surface area contributed by atoms with Gasteiger partial charge in [0.15, 0.2) is 11.9 Å². The smallest absolute Gasteiger partial charge is 0.338 e. The predicted molar refractivity (Wildman–Crippen MR) is 166 cm³/mol. The van der Waals surface area contributed by atoms with Crippen molar-refractivity contribution < 1.29 is 57.6 Å². The minimum atomic E-state index is -2.05. The Bertz CT molecular complexity index is 1430. The van der Waals surface area contributed by atoms with E-state index >= 15 is 0 Å². The van der Waals surface area contributed by atoms with Gasteiger partial charge in [-0.25, -0.2) is 4.79 Å². The highest BCUT2D eigenvalue weighted by molar-refractivity contribution is 5.93. The van der Waals surface area contributed by atoms with Crippen molar-refractivity contribution in [3.05, 3.63) is 60.2 Å². The van der Waals surface area contributed by atoms with E-state index in [2.05, 4.69) is 6.58 Å². The van der Waals surface area contributed by atoms with Crippen molar-refractivity contribution in [2.24, 2.45) is 23.2 Å². The first-order valence-electron chi connectivity index (χ1n) is 15.4. The minimum Gasteiger partial charge on any atom is -0.459 e. The maximum atomic E-state index is 14.1. The largest absolute Gasteiger partial charge is 0.459 e. The van der Waals surface area contributed by atoms with E-state index in [1.807, 2.05) is 0 Å². The molecule has 0 aromatic heterocycles. The van der Waals surface area contributed by atoms with Gasteiger partial charge < -0.3 is 28.8 Å². The van der Waals surface area contributed by atoms with Gasteiger partial charge in [0.1, 0.15) is 23.9 Å². The van der Waals surface area contributed by atoms with Crippen LogP contribution in [0.3, 0.4) is 0 Å². The van der Waals surface area contributed by atoms with Crippen LogP contribution in [-0.2, 0) is 47.7 Å². The highest BCUT2D eigenvalue weighted by Gasteiger charge is 2.64. The van der Waals surface area contributed by atoms with Gasteiger partial charge in [-0.1, -0.05) is 50.8 Å². The number of fused-ring (bicyclic) bond motifs is 1. The average molecular weight is 657 g/mol. The molecular formula is C35H44O12. The number of Topliss-reactive ketones (excluding diaryl/α,β-unsaturated/α-hetero) is 1. The molecule has 0 saturated heterocycles. The van der Waals surface area contributed by atoms with Crippen molar-refractivity contribution >= 4 is 35.6 Å². The van der Waals surface area contributed by atoms with Crippen molar-refractivity contribution in [1.82, 2.24) is 0 Å². The summed E-state index contributed by atoms with van der Waals surface area (Å²) in [4.78, 5) is 77.6. The van der Waals surface area contributed by atoms with E-state index in [1.165, 1.54) is 13.0 Å². The van der Waals surface area contributed by atoms with E-state index in [1.54, 1.807) is 64.1 Å². The predicted octanol–water partition coefficient (Wildman–Crippen LogP) is 3.68. The molecule has 12 heteroatoms. The lowest BCUT2D eigenvalue weighted by Crippen LogP contribution is -2.59. The third-order valence-electron chi connectivity index (χ3n) is 8.58. The van der Waals surface area contributed by atoms with Gasteiger partial charge in [-0.05, 0) is 38.3 Å². The van der Waals surface area contributed by atoms with Crippen LogP contribution in [-0.4, -0.2) is 76.9 Å². The van der Waals surface area contributed by atoms with Crippen LogP contribution < -0.4 is 0 Å². The second kappa shape index (κ2) is 14.6. The summed E-state index contributed by atoms with van der Waals surface area (Å²) in [6.45, 7) is 15.0. The van der Waals surface area contributed by atoms with Crippen molar-refractivity contribution in [2.75, 3.05) is 0 Å². The van der Waals surface area contributed by atoms with Crippen LogP contribution >= 0.6 is 0 Å². The maximum absolute atomic E-state index is 14.1. The second-order valence-electron chi connectivity index (χ2n) is 12.9. The first-order chi connectivity index (χ1) is 21.8. The Balaban J connectivity index is 2.39. The maximum Gasteiger partial charge on any atom is 0.338 e. The number of carbonyl (C=O) groups is 6. The highest BCUT2D eigenvalue weighted by Crippen LogP contribution is 2.51. The molecule has 256 valence electrons. The lowest BCUT2D eigenvalue weighted by atomic mass is 9.72. The van der Waals surface area contributed by atoms with Crippen LogP contribution in [0.2, 0.25) is 0 Å². The minimum absolute atomic E-state index is 0.0977. The van der Waals surface area contributed by atoms with Crippen molar-refractivity contribution in [3.63, 3.8) is 0 Å². The molecule has 0 spiro atoms. The number of allylic oxidation sites excluding steroid dienone is 1. The number of esters is 5. The first-order valence-corrected chi connectivity index (χ1v) is 15.4. The lowest BCUT2D eigenvalue weighted by molar-refractivity contribution is -0.192. The number of benzene rings is 1. The normalized spacial score (nSPS) is 32.1. The zero-order chi connectivity index (χ0) is 35.4. The molecule has 1 fully saturated rings. The van der Waals surface area contributed by atoms with Gasteiger partial charge in [0.05, 0.1) is 11.5 Å². The van der Waals surface area contributed by atoms with Gasteiger partial charge in [0.25, 0.3) is 0 Å². The fourth-order valence-corrected chi connectivity index (χ4v) is 6.55. The molecule has 12 nitrogen and oxygen atoms in total. The number of carbonyl (C=O) groups excluding carboxylic acids is 6. The topological polar surface area (TPSA) is 169 Å². The van der Waals surface area contributed by atoms with Gasteiger partial charge in [-0.3, -0.25) is 24.0 Å². The molecule has 9 atom stereocenters. The number of hydrogen-bond acceptors (Lipinski definition) is 12. The summed E-state index contributed by atoms with van der Waals surface area (Å²) in [6, 6.07) is 8.09. The molecule has 2 aliphatic carbocycles. The summed E-state index contributed by atoms with van der Waals surface area (Å²) >= 11 is 0. The second-order valence-corrected chi connectivity index (χ2v) is 12.9. The number of hydrogen-bond donors (Lipinski definition) is 1. The van der Waals surface area contributed by atoms with E-state index in [-0.39, 0.29) is 17.6 Å². The Morgan fingerprint density at radius 2 is 1.30 bits per heavy atom. The van der Waals surface area contributed by atoms with E-state index in [9.17, 15) is 33.9 Å². The number of rotatable bonds is 6. The molecule has 1 N–H and O–H groups in total. The molecule has 0 heterocycles. The summed E-state index contributed by atoms with van der Waals surface area (Å²) in [7, 11) is 0. The Morgan fingerprint density at radius 1 is 0.787 bits per heavy atom. The molecule has 1 aromatic rings. The van der Waals surface area contributed by atoms with Crippen LogP contribution in [0.15, 0.2) is 54.6 Å². The van der Waals surface area contributed by atoms with Crippen molar-refractivity contribution in [1.29, 1.82) is 0 Å². The molecule has 1 aromatic carbocycles. The molecule has 3 rings (SSSR count). The fraction of sp³-hybridized carbons (Fsp3) is 0.543. The molecular weight excluding hydrogens is 612 g/mol. The van der Waals surface area contributed by atoms with Gasteiger partial charge >= 0.3 is 29.8 Å². The van der Waals surface area contributed by atoms with E-state index in [4.69, 9.17) is 23.7 Å². The number of ether oxygens (including phenoxy) is 5. The fourth-order valence-electron chi connectivity index (χ4n) is 6.55. The Labute approximate surface area is 274 Å². The Kier molecular flexibility index (Phi) is 11.6. The van der Waals surface area contributed by atoms with Crippen LogP contribution in [0, 0.1) is 23.2 Å². The molecule has 47 heavy (non-hydrogen) atoms. The summed E-state index contributed by atoms with van der Waals surface area (Å²) in [5.74, 6) is -7.51. The third-order valence-corrected chi connectivity index (χ3v) is 8.58.